The number of H-pyrrole nitrogens is 4. The van der Waals surface area contributed by atoms with Gasteiger partial charge in [0.2, 0.25) is 0 Å². The minimum Gasteiger partial charge on any atom is -0.360 e. The number of hydrogen-bond donors (Lipinski definition) is 4. The Labute approximate surface area is 371 Å². The lowest BCUT2D eigenvalue weighted by molar-refractivity contribution is 0.821. The standard InChI is InChI=1S/C60H44N4/c1-5-21-37(22-6-1)49-53-41-29-13-15-31-43(41)55(61-53)50(38-23-7-2-8-24-38)57-45-33-17-19-35-47(45)59(63-57)52(40-27-11-4-12-28-40)60-48-36-20-18-34-46(48)58(64-60)51(39-25-9-3-10-26-39)56-44-32-16-14-30-42(44)54(49)62-56/h1-36,49-52,61-64H. The average Bonchev–Trinajstić information content (AvgIpc) is 4.14. The van der Waals surface area contributed by atoms with Crippen LogP contribution in [0.5, 0.6) is 0 Å². The Bertz CT molecular complexity index is 2990. The number of rotatable bonds is 4. The van der Waals surface area contributed by atoms with Gasteiger partial charge in [-0.3, -0.25) is 0 Å². The molecule has 1 aliphatic carbocycles. The van der Waals surface area contributed by atoms with Gasteiger partial charge in [-0.2, -0.15) is 0 Å². The first-order chi connectivity index (χ1) is 31.8. The summed E-state index contributed by atoms with van der Waals surface area (Å²) in [5, 5.41) is 9.74. The summed E-state index contributed by atoms with van der Waals surface area (Å²) in [6.45, 7) is 0. The molecule has 0 atom stereocenters. The molecule has 4 nitrogen and oxygen atoms in total. The third-order valence-electron chi connectivity index (χ3n) is 13.9. The molecule has 8 bridgehead atoms. The van der Waals surface area contributed by atoms with Crippen LogP contribution in [0.4, 0.5) is 0 Å². The van der Waals surface area contributed by atoms with Gasteiger partial charge in [0.05, 0.1) is 23.7 Å². The molecular formula is C60H44N4. The van der Waals surface area contributed by atoms with Gasteiger partial charge in [0.1, 0.15) is 0 Å². The van der Waals surface area contributed by atoms with Crippen LogP contribution < -0.4 is 0 Å². The molecule has 0 saturated carbocycles. The van der Waals surface area contributed by atoms with Crippen molar-refractivity contribution in [3.63, 3.8) is 0 Å². The minimum absolute atomic E-state index is 0.145. The van der Waals surface area contributed by atoms with E-state index in [1.165, 1.54) is 111 Å². The Morgan fingerprint density at radius 1 is 0.172 bits per heavy atom. The van der Waals surface area contributed by atoms with Crippen LogP contribution in [-0.2, 0) is 0 Å². The van der Waals surface area contributed by atoms with Gasteiger partial charge < -0.3 is 19.9 Å². The van der Waals surface area contributed by atoms with Crippen LogP contribution in [0.3, 0.4) is 0 Å². The van der Waals surface area contributed by atoms with Gasteiger partial charge in [-0.15, -0.1) is 0 Å². The van der Waals surface area contributed by atoms with E-state index in [9.17, 15) is 0 Å². The molecule has 1 aliphatic rings. The predicted octanol–water partition coefficient (Wildman–Crippen LogP) is 14.6. The van der Waals surface area contributed by atoms with E-state index in [1.54, 1.807) is 0 Å². The topological polar surface area (TPSA) is 63.2 Å². The highest BCUT2D eigenvalue weighted by Crippen LogP contribution is 2.50. The molecule has 0 aliphatic heterocycles. The Morgan fingerprint density at radius 2 is 0.312 bits per heavy atom. The number of nitrogens with one attached hydrogen (secondary N) is 4. The highest BCUT2D eigenvalue weighted by atomic mass is 14.9. The van der Waals surface area contributed by atoms with Crippen molar-refractivity contribution in [3.05, 3.63) is 286 Å². The number of benzene rings is 8. The fourth-order valence-electron chi connectivity index (χ4n) is 11.2. The Balaban J connectivity index is 1.24. The first kappa shape index (κ1) is 36.6. The summed E-state index contributed by atoms with van der Waals surface area (Å²) in [7, 11) is 0. The normalized spacial score (nSPS) is 17.4. The van der Waals surface area contributed by atoms with E-state index in [4.69, 9.17) is 0 Å². The molecule has 13 rings (SSSR count). The molecule has 0 amide bonds. The zero-order valence-electron chi connectivity index (χ0n) is 35.1. The molecule has 0 radical (unpaired) electrons. The Morgan fingerprint density at radius 3 is 0.469 bits per heavy atom. The molecule has 4 N–H and O–H groups in total. The van der Waals surface area contributed by atoms with E-state index in [-0.39, 0.29) is 23.7 Å². The first-order valence-corrected chi connectivity index (χ1v) is 22.4. The quantitative estimate of drug-likeness (QED) is 0.137. The molecular weight excluding hydrogens is 777 g/mol. The lowest BCUT2D eigenvalue weighted by Crippen LogP contribution is -2.11. The SMILES string of the molecule is c1ccc(C2c3[nH]c(c4ccccc34)C(c3ccccc3)c3[nH]c(c4ccccc34)C(c3ccccc3)c3[nH]c(c4ccccc34)C(c3ccccc3)c3[nH]c2c2ccccc32)cc1. The van der Waals surface area contributed by atoms with Crippen molar-refractivity contribution >= 4 is 43.1 Å². The predicted molar refractivity (Wildman–Crippen MR) is 263 cm³/mol. The van der Waals surface area contributed by atoms with E-state index in [0.29, 0.717) is 0 Å². The van der Waals surface area contributed by atoms with Crippen molar-refractivity contribution in [2.45, 2.75) is 23.7 Å². The average molecular weight is 821 g/mol. The van der Waals surface area contributed by atoms with Crippen LogP contribution in [0.2, 0.25) is 0 Å². The maximum atomic E-state index is 4.26. The van der Waals surface area contributed by atoms with Gasteiger partial charge in [0, 0.05) is 88.6 Å². The van der Waals surface area contributed by atoms with Crippen LogP contribution in [0.15, 0.2) is 218 Å². The smallest absolute Gasteiger partial charge is 0.0654 e. The summed E-state index contributed by atoms with van der Waals surface area (Å²) < 4.78 is 0. The third kappa shape index (κ3) is 5.62. The monoisotopic (exact) mass is 820 g/mol. The lowest BCUT2D eigenvalue weighted by Gasteiger charge is -2.21. The fourth-order valence-corrected chi connectivity index (χ4v) is 11.2. The van der Waals surface area contributed by atoms with E-state index < -0.39 is 0 Å². The maximum absolute atomic E-state index is 4.26. The summed E-state index contributed by atoms with van der Waals surface area (Å²) >= 11 is 0. The van der Waals surface area contributed by atoms with Crippen molar-refractivity contribution in [3.8, 4) is 0 Å². The van der Waals surface area contributed by atoms with E-state index >= 15 is 0 Å². The summed E-state index contributed by atoms with van der Waals surface area (Å²) in [5.74, 6) is -0.579. The molecule has 8 aromatic carbocycles. The van der Waals surface area contributed by atoms with Crippen LogP contribution >= 0.6 is 0 Å². The van der Waals surface area contributed by atoms with Crippen LogP contribution in [0.1, 0.15) is 91.5 Å². The van der Waals surface area contributed by atoms with Crippen molar-refractivity contribution in [1.82, 2.24) is 19.9 Å². The fraction of sp³-hybridized carbons (Fsp3) is 0.0667. The second-order valence-corrected chi connectivity index (χ2v) is 17.4. The van der Waals surface area contributed by atoms with Crippen molar-refractivity contribution < 1.29 is 0 Å². The lowest BCUT2D eigenvalue weighted by atomic mass is 9.87. The zero-order valence-corrected chi connectivity index (χ0v) is 35.1. The molecule has 304 valence electrons. The second kappa shape index (κ2) is 14.8. The summed E-state index contributed by atoms with van der Waals surface area (Å²) in [5.41, 5.74) is 14.3. The molecule has 0 saturated heterocycles. The van der Waals surface area contributed by atoms with Crippen molar-refractivity contribution in [2.75, 3.05) is 0 Å². The Kier molecular flexibility index (Phi) is 8.45. The summed E-state index contributed by atoms with van der Waals surface area (Å²) in [4.78, 5) is 17.1. The van der Waals surface area contributed by atoms with Gasteiger partial charge in [0.15, 0.2) is 0 Å². The van der Waals surface area contributed by atoms with Gasteiger partial charge in [-0.25, -0.2) is 0 Å². The molecule has 4 aromatic heterocycles. The molecule has 12 aromatic rings. The first-order valence-electron chi connectivity index (χ1n) is 22.4. The molecule has 64 heavy (non-hydrogen) atoms. The van der Waals surface area contributed by atoms with Crippen LogP contribution in [0.25, 0.3) is 43.1 Å². The summed E-state index contributed by atoms with van der Waals surface area (Å²) in [6, 6.07) is 80.2. The second-order valence-electron chi connectivity index (χ2n) is 17.4. The zero-order chi connectivity index (χ0) is 42.1. The maximum Gasteiger partial charge on any atom is 0.0654 e. The summed E-state index contributed by atoms with van der Waals surface area (Å²) in [6.07, 6.45) is 0. The largest absolute Gasteiger partial charge is 0.360 e. The van der Waals surface area contributed by atoms with E-state index in [1.807, 2.05) is 0 Å². The highest BCUT2D eigenvalue weighted by Gasteiger charge is 2.36. The molecule has 4 heteroatoms. The van der Waals surface area contributed by atoms with Crippen molar-refractivity contribution in [2.24, 2.45) is 0 Å². The molecule has 0 unspecified atom stereocenters. The number of aromatic nitrogens is 4. The molecule has 4 heterocycles. The number of hydrogen-bond acceptors (Lipinski definition) is 0. The molecule has 0 spiro atoms. The minimum atomic E-state index is -0.145. The third-order valence-corrected chi connectivity index (χ3v) is 13.9. The Hall–Kier alpha value is -8.08. The van der Waals surface area contributed by atoms with Crippen LogP contribution in [-0.4, -0.2) is 19.9 Å². The van der Waals surface area contributed by atoms with Crippen molar-refractivity contribution in [1.29, 1.82) is 0 Å². The number of aromatic amines is 4. The van der Waals surface area contributed by atoms with Crippen LogP contribution in [0, 0.1) is 0 Å². The van der Waals surface area contributed by atoms with E-state index in [0.717, 1.165) is 0 Å². The highest BCUT2D eigenvalue weighted by molar-refractivity contribution is 5.98. The van der Waals surface area contributed by atoms with Gasteiger partial charge in [0.25, 0.3) is 0 Å². The van der Waals surface area contributed by atoms with E-state index in [2.05, 4.69) is 238 Å². The molecule has 0 fully saturated rings. The van der Waals surface area contributed by atoms with Gasteiger partial charge in [-0.05, 0) is 22.3 Å². The van der Waals surface area contributed by atoms with Gasteiger partial charge >= 0.3 is 0 Å². The van der Waals surface area contributed by atoms with Gasteiger partial charge in [-0.1, -0.05) is 218 Å².